The first-order chi connectivity index (χ1) is 13.9. The van der Waals surface area contributed by atoms with E-state index in [1.165, 1.54) is 40.9 Å². The Bertz CT molecular complexity index is 1030. The van der Waals surface area contributed by atoms with Crippen LogP contribution >= 0.6 is 11.3 Å². The largest absolute Gasteiger partial charge is 0.508 e. The molecule has 1 heterocycles. The lowest BCUT2D eigenvalue weighted by Crippen LogP contribution is -2.22. The smallest absolute Gasteiger partial charge is 0.342 e. The maximum absolute atomic E-state index is 12.2. The Hall–Kier alpha value is -3.39. The minimum absolute atomic E-state index is 0.0559. The number of aromatic nitrogens is 1. The fourth-order valence-electron chi connectivity index (χ4n) is 2.68. The summed E-state index contributed by atoms with van der Waals surface area (Å²) in [4.78, 5) is 30.2. The van der Waals surface area contributed by atoms with Crippen LogP contribution in [0.1, 0.15) is 35.5 Å². The molecule has 3 rings (SSSR count). The highest BCUT2D eigenvalue weighted by Crippen LogP contribution is 2.30. The second-order valence-corrected chi connectivity index (χ2v) is 7.11. The molecule has 3 aromatic rings. The summed E-state index contributed by atoms with van der Waals surface area (Å²) in [7, 11) is 0. The third-order valence-corrected chi connectivity index (χ3v) is 5.08. The third-order valence-electron chi connectivity index (χ3n) is 4.20. The van der Waals surface area contributed by atoms with E-state index in [2.05, 4.69) is 11.9 Å². The van der Waals surface area contributed by atoms with E-state index in [-0.39, 0.29) is 29.6 Å². The van der Waals surface area contributed by atoms with Gasteiger partial charge >= 0.3 is 5.97 Å². The number of rotatable bonds is 6. The molecule has 0 fully saturated rings. The van der Waals surface area contributed by atoms with Gasteiger partial charge in [-0.05, 0) is 36.2 Å². The maximum atomic E-state index is 12.2. The number of nitrogens with zero attached hydrogens (tertiary/aromatic N) is 2. The SMILES string of the molecule is CCc1ccc(N(C(C)=O)c2nc(COC(=O)c3ccc(O)cc3O)cs2)cc1. The number of thiazole rings is 1. The van der Waals surface area contributed by atoms with Crippen LogP contribution < -0.4 is 4.90 Å². The minimum atomic E-state index is -0.740. The van der Waals surface area contributed by atoms with Gasteiger partial charge in [-0.15, -0.1) is 11.3 Å². The topological polar surface area (TPSA) is 100.0 Å². The van der Waals surface area contributed by atoms with Crippen molar-refractivity contribution in [2.45, 2.75) is 26.9 Å². The zero-order chi connectivity index (χ0) is 21.0. The molecule has 0 atom stereocenters. The number of aromatic hydroxyl groups is 2. The summed E-state index contributed by atoms with van der Waals surface area (Å²) in [6, 6.07) is 11.3. The first-order valence-corrected chi connectivity index (χ1v) is 9.80. The van der Waals surface area contributed by atoms with Crippen molar-refractivity contribution in [1.82, 2.24) is 4.98 Å². The number of carbonyl (C=O) groups is 2. The lowest BCUT2D eigenvalue weighted by atomic mass is 10.1. The lowest BCUT2D eigenvalue weighted by molar-refractivity contribution is -0.115. The zero-order valence-corrected chi connectivity index (χ0v) is 16.8. The van der Waals surface area contributed by atoms with Crippen molar-refractivity contribution >= 4 is 34.0 Å². The highest BCUT2D eigenvalue weighted by atomic mass is 32.1. The predicted octanol–water partition coefficient (Wildman–Crippen LogP) is 4.16. The molecule has 2 aromatic carbocycles. The number of phenols is 2. The van der Waals surface area contributed by atoms with Crippen LogP contribution in [-0.2, 0) is 22.6 Å². The Morgan fingerprint density at radius 3 is 2.48 bits per heavy atom. The molecule has 0 bridgehead atoms. The number of phenolic OH excluding ortho intramolecular Hbond substituents is 2. The molecule has 29 heavy (non-hydrogen) atoms. The number of anilines is 2. The summed E-state index contributed by atoms with van der Waals surface area (Å²) in [6.07, 6.45) is 0.906. The van der Waals surface area contributed by atoms with Crippen molar-refractivity contribution in [3.63, 3.8) is 0 Å². The normalized spacial score (nSPS) is 10.6. The molecule has 8 heteroatoms. The Morgan fingerprint density at radius 1 is 1.14 bits per heavy atom. The number of ether oxygens (including phenoxy) is 1. The van der Waals surface area contributed by atoms with Gasteiger partial charge in [0.25, 0.3) is 0 Å². The van der Waals surface area contributed by atoms with Gasteiger partial charge in [0.2, 0.25) is 5.91 Å². The highest BCUT2D eigenvalue weighted by Gasteiger charge is 2.19. The van der Waals surface area contributed by atoms with Gasteiger partial charge in [0.15, 0.2) is 5.13 Å². The van der Waals surface area contributed by atoms with Gasteiger partial charge < -0.3 is 14.9 Å². The van der Waals surface area contributed by atoms with Gasteiger partial charge in [-0.1, -0.05) is 19.1 Å². The molecule has 0 aliphatic rings. The molecule has 0 saturated carbocycles. The Morgan fingerprint density at radius 2 is 1.86 bits per heavy atom. The van der Waals surface area contributed by atoms with Gasteiger partial charge in [-0.3, -0.25) is 9.69 Å². The molecule has 0 radical (unpaired) electrons. The molecule has 0 aliphatic carbocycles. The van der Waals surface area contributed by atoms with E-state index in [9.17, 15) is 19.8 Å². The summed E-state index contributed by atoms with van der Waals surface area (Å²) >= 11 is 1.26. The lowest BCUT2D eigenvalue weighted by Gasteiger charge is -2.18. The number of hydrogen-bond acceptors (Lipinski definition) is 7. The van der Waals surface area contributed by atoms with Crippen LogP contribution in [0.5, 0.6) is 11.5 Å². The van der Waals surface area contributed by atoms with Crippen LogP contribution in [0.3, 0.4) is 0 Å². The molecule has 150 valence electrons. The van der Waals surface area contributed by atoms with E-state index >= 15 is 0 Å². The number of amides is 1. The second kappa shape index (κ2) is 8.74. The molecular weight excluding hydrogens is 392 g/mol. The van der Waals surface area contributed by atoms with Crippen LogP contribution in [0.15, 0.2) is 47.8 Å². The van der Waals surface area contributed by atoms with E-state index < -0.39 is 5.97 Å². The number of benzene rings is 2. The second-order valence-electron chi connectivity index (χ2n) is 6.27. The van der Waals surface area contributed by atoms with Crippen molar-refractivity contribution in [3.8, 4) is 11.5 Å². The molecule has 2 N–H and O–H groups in total. The summed E-state index contributed by atoms with van der Waals surface area (Å²) in [5, 5.41) is 21.2. The van der Waals surface area contributed by atoms with Crippen molar-refractivity contribution in [3.05, 3.63) is 64.7 Å². The Kier molecular flexibility index (Phi) is 6.13. The molecule has 0 aliphatic heterocycles. The van der Waals surface area contributed by atoms with E-state index in [4.69, 9.17) is 4.74 Å². The van der Waals surface area contributed by atoms with Gasteiger partial charge in [-0.25, -0.2) is 9.78 Å². The average molecular weight is 412 g/mol. The van der Waals surface area contributed by atoms with Crippen molar-refractivity contribution in [2.75, 3.05) is 4.90 Å². The summed E-state index contributed by atoms with van der Waals surface area (Å²) in [5.41, 5.74) is 2.30. The standard InChI is InChI=1S/C21H20N2O5S/c1-3-14-4-6-16(7-5-14)23(13(2)24)21-22-15(12-29-21)11-28-20(27)18-9-8-17(25)10-19(18)26/h4-10,12,25-26H,3,11H2,1-2H3. The predicted molar refractivity (Wildman–Crippen MR) is 110 cm³/mol. The number of aryl methyl sites for hydroxylation is 1. The van der Waals surface area contributed by atoms with Crippen LogP contribution in [0, 0.1) is 0 Å². The molecule has 0 spiro atoms. The highest BCUT2D eigenvalue weighted by molar-refractivity contribution is 7.14. The number of hydrogen-bond donors (Lipinski definition) is 2. The van der Waals surface area contributed by atoms with Gasteiger partial charge in [0, 0.05) is 18.4 Å². The molecule has 0 unspecified atom stereocenters. The molecule has 1 aromatic heterocycles. The van der Waals surface area contributed by atoms with E-state index in [0.29, 0.717) is 16.5 Å². The molecule has 7 nitrogen and oxygen atoms in total. The van der Waals surface area contributed by atoms with Crippen LogP contribution in [-0.4, -0.2) is 27.1 Å². The molecule has 0 saturated heterocycles. The Balaban J connectivity index is 1.72. The van der Waals surface area contributed by atoms with E-state index in [1.54, 1.807) is 5.38 Å². The molecule has 1 amide bonds. The van der Waals surface area contributed by atoms with Crippen LogP contribution in [0.4, 0.5) is 10.8 Å². The fourth-order valence-corrected chi connectivity index (χ4v) is 3.55. The monoisotopic (exact) mass is 412 g/mol. The first kappa shape index (κ1) is 20.3. The zero-order valence-electron chi connectivity index (χ0n) is 16.0. The maximum Gasteiger partial charge on any atom is 0.342 e. The van der Waals surface area contributed by atoms with Crippen molar-refractivity contribution < 1.29 is 24.5 Å². The number of carbonyl (C=O) groups excluding carboxylic acids is 2. The van der Waals surface area contributed by atoms with E-state index in [0.717, 1.165) is 12.5 Å². The van der Waals surface area contributed by atoms with Crippen molar-refractivity contribution in [1.29, 1.82) is 0 Å². The summed E-state index contributed by atoms with van der Waals surface area (Å²) < 4.78 is 5.18. The first-order valence-electron chi connectivity index (χ1n) is 8.92. The van der Waals surface area contributed by atoms with Crippen LogP contribution in [0.25, 0.3) is 0 Å². The summed E-state index contributed by atoms with van der Waals surface area (Å²) in [6.45, 7) is 3.41. The van der Waals surface area contributed by atoms with Crippen LogP contribution in [0.2, 0.25) is 0 Å². The quantitative estimate of drug-likeness (QED) is 0.590. The summed E-state index contributed by atoms with van der Waals surface area (Å²) in [5.74, 6) is -1.44. The van der Waals surface area contributed by atoms with Crippen molar-refractivity contribution in [2.24, 2.45) is 0 Å². The van der Waals surface area contributed by atoms with E-state index in [1.807, 2.05) is 24.3 Å². The average Bonchev–Trinajstić information content (AvgIpc) is 3.15. The molecular formula is C21H20N2O5S. The van der Waals surface area contributed by atoms with Gasteiger partial charge in [0.1, 0.15) is 23.7 Å². The third kappa shape index (κ3) is 4.72. The number of esters is 1. The fraction of sp³-hybridized carbons (Fsp3) is 0.190. The Labute approximate surface area is 171 Å². The van der Waals surface area contributed by atoms with Gasteiger partial charge in [0.05, 0.1) is 11.4 Å². The van der Waals surface area contributed by atoms with Gasteiger partial charge in [-0.2, -0.15) is 0 Å². The minimum Gasteiger partial charge on any atom is -0.508 e.